The molecule has 1 N–H and O–H groups in total. The maximum atomic E-state index is 14.1. The second-order valence-electron chi connectivity index (χ2n) is 9.58. The molecule has 0 radical (unpaired) electrons. The average molecular weight is 504 g/mol. The van der Waals surface area contributed by atoms with E-state index in [4.69, 9.17) is 18.9 Å². The summed E-state index contributed by atoms with van der Waals surface area (Å²) >= 11 is 0. The normalized spacial score (nSPS) is 19.4. The number of benzene rings is 1. The van der Waals surface area contributed by atoms with Crippen LogP contribution in [-0.2, 0) is 14.3 Å². The molecule has 0 bridgehead atoms. The molecule has 3 rings (SSSR count). The number of hydrogen-bond acceptors (Lipinski definition) is 6. The van der Waals surface area contributed by atoms with E-state index in [0.29, 0.717) is 56.5 Å². The first kappa shape index (κ1) is 27.8. The number of nitrogens with zero attached hydrogens (tertiary/aromatic N) is 1. The molecule has 1 aliphatic heterocycles. The predicted octanol–water partition coefficient (Wildman–Crippen LogP) is 4.80. The molecule has 8 heteroatoms. The summed E-state index contributed by atoms with van der Waals surface area (Å²) in [5.74, 6) is 0.131. The number of amides is 1. The number of piperidine rings is 1. The van der Waals surface area contributed by atoms with Gasteiger partial charge in [-0.1, -0.05) is 25.3 Å². The minimum atomic E-state index is -0.930. The number of methoxy groups -OCH3 is 2. The van der Waals surface area contributed by atoms with Gasteiger partial charge in [-0.15, -0.1) is 6.58 Å². The van der Waals surface area contributed by atoms with Gasteiger partial charge in [-0.25, -0.2) is 4.79 Å². The van der Waals surface area contributed by atoms with Crippen molar-refractivity contribution in [1.82, 2.24) is 4.90 Å². The second-order valence-corrected chi connectivity index (χ2v) is 9.58. The summed E-state index contributed by atoms with van der Waals surface area (Å²) in [6.07, 6.45) is 9.69. The van der Waals surface area contributed by atoms with Crippen molar-refractivity contribution in [2.45, 2.75) is 69.7 Å². The van der Waals surface area contributed by atoms with Crippen LogP contribution >= 0.6 is 0 Å². The zero-order chi connectivity index (χ0) is 25.9. The Morgan fingerprint density at radius 1 is 1.06 bits per heavy atom. The number of rotatable bonds is 13. The number of likely N-dealkylation sites (tertiary alicyclic amines) is 1. The van der Waals surface area contributed by atoms with Crippen LogP contribution in [0.25, 0.3) is 0 Å². The molecule has 1 saturated heterocycles. The van der Waals surface area contributed by atoms with Crippen LogP contribution in [0.5, 0.6) is 17.2 Å². The summed E-state index contributed by atoms with van der Waals surface area (Å²) < 4.78 is 22.8. The Morgan fingerprint density at radius 3 is 2.44 bits per heavy atom. The number of carbonyl (C=O) groups excluding carboxylic acids is 1. The molecule has 1 heterocycles. The van der Waals surface area contributed by atoms with E-state index < -0.39 is 17.9 Å². The van der Waals surface area contributed by atoms with Crippen molar-refractivity contribution in [2.24, 2.45) is 5.92 Å². The fourth-order valence-corrected chi connectivity index (χ4v) is 5.46. The lowest BCUT2D eigenvalue weighted by Crippen LogP contribution is -2.50. The van der Waals surface area contributed by atoms with Gasteiger partial charge in [0.25, 0.3) is 0 Å². The molecule has 1 aliphatic carbocycles. The molecule has 0 spiro atoms. The lowest BCUT2D eigenvalue weighted by Gasteiger charge is -2.39. The van der Waals surface area contributed by atoms with Gasteiger partial charge in [0.1, 0.15) is 6.04 Å². The van der Waals surface area contributed by atoms with Crippen LogP contribution in [0, 0.1) is 5.92 Å². The summed E-state index contributed by atoms with van der Waals surface area (Å²) in [5.41, 5.74) is 0.789. The molecule has 2 fully saturated rings. The van der Waals surface area contributed by atoms with E-state index >= 15 is 0 Å². The first-order chi connectivity index (χ1) is 17.5. The Balaban J connectivity index is 1.94. The number of ether oxygens (including phenoxy) is 4. The van der Waals surface area contributed by atoms with Crippen LogP contribution in [-0.4, -0.2) is 68.5 Å². The van der Waals surface area contributed by atoms with Crippen molar-refractivity contribution in [1.29, 1.82) is 0 Å². The monoisotopic (exact) mass is 503 g/mol. The van der Waals surface area contributed by atoms with Crippen LogP contribution in [0.1, 0.15) is 69.3 Å². The van der Waals surface area contributed by atoms with E-state index in [1.165, 1.54) is 0 Å². The zero-order valence-corrected chi connectivity index (χ0v) is 21.7. The summed E-state index contributed by atoms with van der Waals surface area (Å²) in [5, 5.41) is 9.82. The van der Waals surface area contributed by atoms with Crippen molar-refractivity contribution in [2.75, 3.05) is 40.6 Å². The lowest BCUT2D eigenvalue weighted by atomic mass is 9.75. The SMILES string of the molecule is C=CCOCCCOc1cc(C(C(=O)N2CCCC[C@H]2C(=O)O)C2CCCCC2)cc(OC)c1OC. The van der Waals surface area contributed by atoms with Gasteiger partial charge in [-0.3, -0.25) is 4.79 Å². The molecule has 1 aromatic rings. The van der Waals surface area contributed by atoms with Gasteiger partial charge >= 0.3 is 5.97 Å². The third-order valence-electron chi connectivity index (χ3n) is 7.21. The van der Waals surface area contributed by atoms with Crippen LogP contribution in [0.15, 0.2) is 24.8 Å². The molecule has 1 aromatic carbocycles. The van der Waals surface area contributed by atoms with Gasteiger partial charge in [0.2, 0.25) is 11.7 Å². The molecule has 1 saturated carbocycles. The minimum absolute atomic E-state index is 0.106. The largest absolute Gasteiger partial charge is 0.493 e. The summed E-state index contributed by atoms with van der Waals surface area (Å²) in [7, 11) is 3.13. The van der Waals surface area contributed by atoms with E-state index in [1.807, 2.05) is 12.1 Å². The van der Waals surface area contributed by atoms with Crippen molar-refractivity contribution in [3.8, 4) is 17.2 Å². The van der Waals surface area contributed by atoms with E-state index in [2.05, 4.69) is 6.58 Å². The van der Waals surface area contributed by atoms with E-state index in [-0.39, 0.29) is 11.8 Å². The number of hydrogen-bond donors (Lipinski definition) is 1. The quantitative estimate of drug-likeness (QED) is 0.305. The third-order valence-corrected chi connectivity index (χ3v) is 7.21. The van der Waals surface area contributed by atoms with Crippen LogP contribution in [0.3, 0.4) is 0 Å². The molecule has 8 nitrogen and oxygen atoms in total. The van der Waals surface area contributed by atoms with Gasteiger partial charge in [0.15, 0.2) is 11.5 Å². The fourth-order valence-electron chi connectivity index (χ4n) is 5.46. The maximum Gasteiger partial charge on any atom is 0.326 e. The molecule has 200 valence electrons. The second kappa shape index (κ2) is 14.1. The molecule has 0 aromatic heterocycles. The molecule has 2 atom stereocenters. The molecular formula is C28H41NO7. The highest BCUT2D eigenvalue weighted by atomic mass is 16.5. The zero-order valence-electron chi connectivity index (χ0n) is 21.7. The number of carboxylic acid groups (broad SMARTS) is 1. The number of carboxylic acids is 1. The van der Waals surface area contributed by atoms with Gasteiger partial charge in [-0.05, 0) is 55.7 Å². The standard InChI is InChI=1S/C28H41NO7/c1-4-15-35-16-10-17-36-24-19-21(18-23(33-2)26(24)34-3)25(20-11-6-5-7-12-20)27(30)29-14-9-8-13-22(29)28(31)32/h4,18-20,22,25H,1,5-17H2,2-3H3,(H,31,32)/t22-,25?/m0/s1. The molecule has 36 heavy (non-hydrogen) atoms. The fraction of sp³-hybridized carbons (Fsp3) is 0.643. The van der Waals surface area contributed by atoms with Crippen LogP contribution in [0.2, 0.25) is 0 Å². The van der Waals surface area contributed by atoms with Gasteiger partial charge in [0, 0.05) is 13.0 Å². The van der Waals surface area contributed by atoms with Crippen LogP contribution in [0.4, 0.5) is 0 Å². The van der Waals surface area contributed by atoms with Crippen molar-refractivity contribution < 1.29 is 33.6 Å². The van der Waals surface area contributed by atoms with Gasteiger partial charge in [0.05, 0.1) is 40.0 Å². The molecular weight excluding hydrogens is 462 g/mol. The first-order valence-corrected chi connectivity index (χ1v) is 13.1. The van der Waals surface area contributed by atoms with Crippen molar-refractivity contribution >= 4 is 11.9 Å². The lowest BCUT2D eigenvalue weighted by molar-refractivity contribution is -0.153. The topological polar surface area (TPSA) is 94.5 Å². The smallest absolute Gasteiger partial charge is 0.326 e. The van der Waals surface area contributed by atoms with E-state index in [1.54, 1.807) is 25.2 Å². The van der Waals surface area contributed by atoms with Crippen LogP contribution < -0.4 is 14.2 Å². The highest BCUT2D eigenvalue weighted by Crippen LogP contribution is 2.45. The maximum absolute atomic E-state index is 14.1. The summed E-state index contributed by atoms with van der Waals surface area (Å²) in [4.78, 5) is 27.6. The highest BCUT2D eigenvalue weighted by molar-refractivity contribution is 5.89. The van der Waals surface area contributed by atoms with E-state index in [9.17, 15) is 14.7 Å². The Labute approximate surface area is 214 Å². The van der Waals surface area contributed by atoms with Crippen molar-refractivity contribution in [3.05, 3.63) is 30.4 Å². The first-order valence-electron chi connectivity index (χ1n) is 13.1. The predicted molar refractivity (Wildman–Crippen MR) is 137 cm³/mol. The Kier molecular flexibility index (Phi) is 10.9. The van der Waals surface area contributed by atoms with E-state index in [0.717, 1.165) is 50.5 Å². The van der Waals surface area contributed by atoms with Gasteiger partial charge in [-0.2, -0.15) is 0 Å². The molecule has 1 unspecified atom stereocenters. The number of aliphatic carboxylic acids is 1. The summed E-state index contributed by atoms with van der Waals surface area (Å²) in [6.45, 7) is 5.56. The highest BCUT2D eigenvalue weighted by Gasteiger charge is 2.40. The molecule has 1 amide bonds. The van der Waals surface area contributed by atoms with Gasteiger partial charge < -0.3 is 29.0 Å². The third kappa shape index (κ3) is 6.93. The Morgan fingerprint density at radius 2 is 1.78 bits per heavy atom. The molecule has 2 aliphatic rings. The minimum Gasteiger partial charge on any atom is -0.493 e. The Bertz CT molecular complexity index is 881. The van der Waals surface area contributed by atoms with Crippen molar-refractivity contribution in [3.63, 3.8) is 0 Å². The summed E-state index contributed by atoms with van der Waals surface area (Å²) in [6, 6.07) is 2.96. The Hall–Kier alpha value is -2.74. The average Bonchev–Trinajstić information content (AvgIpc) is 2.91. The number of carbonyl (C=O) groups is 2.